The Balaban J connectivity index is 1.47. The molecule has 0 fully saturated rings. The van der Waals surface area contributed by atoms with Crippen molar-refractivity contribution in [2.45, 2.75) is 13.5 Å². The third-order valence-electron chi connectivity index (χ3n) is 4.98. The molecule has 0 radical (unpaired) electrons. The number of ether oxygens (including phenoxy) is 2. The molecule has 8 nitrogen and oxygen atoms in total. The average Bonchev–Trinajstić information content (AvgIpc) is 3.16. The molecule has 0 bridgehead atoms. The van der Waals surface area contributed by atoms with Crippen LogP contribution in [0, 0.1) is 6.92 Å². The first kappa shape index (κ1) is 22.2. The average molecular weight is 464 g/mol. The smallest absolute Gasteiger partial charge is 0.348 e. The maximum Gasteiger partial charge on any atom is 0.348 e. The number of para-hydroxylation sites is 1. The summed E-state index contributed by atoms with van der Waals surface area (Å²) in [7, 11) is 0. The zero-order valence-electron chi connectivity index (χ0n) is 17.7. The highest BCUT2D eigenvalue weighted by Crippen LogP contribution is 2.27. The van der Waals surface area contributed by atoms with Crippen LogP contribution in [0.25, 0.3) is 10.2 Å². The number of hydrogen-bond acceptors (Lipinski definition) is 7. The lowest BCUT2D eigenvalue weighted by atomic mass is 10.1. The SMILES string of the molecule is Cc1c(C(=O)OCCOc2ccccc2)sc2ncn(Cc3ccc(C(=O)O)cc3)c(=O)c12. The topological polar surface area (TPSA) is 108 Å². The van der Waals surface area contributed by atoms with Crippen molar-refractivity contribution in [3.05, 3.63) is 92.8 Å². The van der Waals surface area contributed by atoms with Gasteiger partial charge in [0.05, 0.1) is 23.8 Å². The molecule has 0 saturated carbocycles. The van der Waals surface area contributed by atoms with Gasteiger partial charge in [0, 0.05) is 0 Å². The maximum absolute atomic E-state index is 13.0. The molecule has 1 N–H and O–H groups in total. The molecule has 0 aliphatic carbocycles. The number of aromatic carboxylic acids is 1. The molecule has 0 unspecified atom stereocenters. The van der Waals surface area contributed by atoms with Crippen LogP contribution in [0.4, 0.5) is 0 Å². The Hall–Kier alpha value is -3.98. The van der Waals surface area contributed by atoms with Gasteiger partial charge < -0.3 is 14.6 Å². The molecule has 9 heteroatoms. The zero-order chi connectivity index (χ0) is 23.4. The lowest BCUT2D eigenvalue weighted by molar-refractivity contribution is 0.0455. The first-order valence-electron chi connectivity index (χ1n) is 10.1. The largest absolute Gasteiger partial charge is 0.490 e. The number of aromatic nitrogens is 2. The van der Waals surface area contributed by atoms with Gasteiger partial charge in [-0.2, -0.15) is 0 Å². The number of nitrogens with zero attached hydrogens (tertiary/aromatic N) is 2. The standard InChI is InChI=1S/C24H20N2O6S/c1-15-19-21(33-20(15)24(30)32-12-11-31-18-5-3-2-4-6-18)25-14-26(22(19)27)13-16-7-9-17(10-8-16)23(28)29/h2-10,14H,11-13H2,1H3,(H,28,29). The van der Waals surface area contributed by atoms with Crippen LogP contribution in [-0.4, -0.2) is 39.8 Å². The summed E-state index contributed by atoms with van der Waals surface area (Å²) in [6, 6.07) is 15.5. The van der Waals surface area contributed by atoms with Gasteiger partial charge in [-0.3, -0.25) is 9.36 Å². The van der Waals surface area contributed by atoms with Gasteiger partial charge in [0.2, 0.25) is 0 Å². The lowest BCUT2D eigenvalue weighted by Gasteiger charge is -2.07. The first-order chi connectivity index (χ1) is 15.9. The molecule has 168 valence electrons. The van der Waals surface area contributed by atoms with Crippen molar-refractivity contribution >= 4 is 33.5 Å². The number of esters is 1. The highest BCUT2D eigenvalue weighted by atomic mass is 32.1. The summed E-state index contributed by atoms with van der Waals surface area (Å²) in [5.41, 5.74) is 1.18. The summed E-state index contributed by atoms with van der Waals surface area (Å²) < 4.78 is 12.3. The second-order valence-corrected chi connectivity index (χ2v) is 8.21. The second kappa shape index (κ2) is 9.66. The third-order valence-corrected chi connectivity index (χ3v) is 6.16. The molecule has 4 rings (SSSR count). The number of thiophene rings is 1. The number of fused-ring (bicyclic) bond motifs is 1. The van der Waals surface area contributed by atoms with Crippen LogP contribution in [-0.2, 0) is 11.3 Å². The molecule has 33 heavy (non-hydrogen) atoms. The van der Waals surface area contributed by atoms with E-state index < -0.39 is 11.9 Å². The van der Waals surface area contributed by atoms with Crippen LogP contribution in [0.1, 0.15) is 31.2 Å². The molecule has 2 aromatic carbocycles. The van der Waals surface area contributed by atoms with E-state index in [1.807, 2.05) is 30.3 Å². The van der Waals surface area contributed by atoms with Crippen molar-refractivity contribution in [3.63, 3.8) is 0 Å². The summed E-state index contributed by atoms with van der Waals surface area (Å²) in [6.45, 7) is 2.22. The molecular weight excluding hydrogens is 444 g/mol. The minimum absolute atomic E-state index is 0.0748. The Morgan fingerprint density at radius 3 is 2.48 bits per heavy atom. The molecule has 0 saturated heterocycles. The van der Waals surface area contributed by atoms with Gasteiger partial charge in [-0.1, -0.05) is 30.3 Å². The van der Waals surface area contributed by atoms with Crippen LogP contribution in [0.15, 0.2) is 65.7 Å². The predicted molar refractivity (Wildman–Crippen MR) is 123 cm³/mol. The van der Waals surface area contributed by atoms with E-state index >= 15 is 0 Å². The number of carbonyl (C=O) groups excluding carboxylic acids is 1. The summed E-state index contributed by atoms with van der Waals surface area (Å²) in [5.74, 6) is -0.849. The van der Waals surface area contributed by atoms with Crippen LogP contribution >= 0.6 is 11.3 Å². The summed E-state index contributed by atoms with van der Waals surface area (Å²) in [4.78, 5) is 41.8. The van der Waals surface area contributed by atoms with Gasteiger partial charge in [0.15, 0.2) is 0 Å². The molecule has 0 aliphatic heterocycles. The fourth-order valence-electron chi connectivity index (χ4n) is 3.29. The Kier molecular flexibility index (Phi) is 6.50. The quantitative estimate of drug-likeness (QED) is 0.313. The second-order valence-electron chi connectivity index (χ2n) is 7.21. The van der Waals surface area contributed by atoms with E-state index in [9.17, 15) is 14.4 Å². The van der Waals surface area contributed by atoms with Crippen LogP contribution < -0.4 is 10.3 Å². The molecular formula is C24H20N2O6S. The number of carboxylic acids is 1. The van der Waals surface area contributed by atoms with Crippen molar-refractivity contribution in [2.75, 3.05) is 13.2 Å². The fraction of sp³-hybridized carbons (Fsp3) is 0.167. The van der Waals surface area contributed by atoms with Gasteiger partial charge in [-0.25, -0.2) is 14.6 Å². The zero-order valence-corrected chi connectivity index (χ0v) is 18.5. The monoisotopic (exact) mass is 464 g/mol. The van der Waals surface area contributed by atoms with E-state index in [-0.39, 0.29) is 30.9 Å². The Labute approximate surface area is 192 Å². The predicted octanol–water partition coefficient (Wildman–Crippen LogP) is 3.75. The third kappa shape index (κ3) is 4.93. The van der Waals surface area contributed by atoms with Crippen LogP contribution in [0.3, 0.4) is 0 Å². The summed E-state index contributed by atoms with van der Waals surface area (Å²) >= 11 is 1.12. The Morgan fingerprint density at radius 2 is 1.79 bits per heavy atom. The molecule has 0 spiro atoms. The summed E-state index contributed by atoms with van der Waals surface area (Å²) in [6.07, 6.45) is 1.43. The lowest BCUT2D eigenvalue weighted by Crippen LogP contribution is -2.21. The van der Waals surface area contributed by atoms with Gasteiger partial charge in [0.25, 0.3) is 5.56 Å². The van der Waals surface area contributed by atoms with Crippen molar-refractivity contribution in [3.8, 4) is 5.75 Å². The molecule has 2 heterocycles. The molecule has 0 atom stereocenters. The number of carbonyl (C=O) groups is 2. The number of rotatable bonds is 8. The van der Waals surface area contributed by atoms with Crippen LogP contribution in [0.2, 0.25) is 0 Å². The van der Waals surface area contributed by atoms with Crippen LogP contribution in [0.5, 0.6) is 5.75 Å². The molecule has 2 aromatic heterocycles. The minimum Gasteiger partial charge on any atom is -0.490 e. The number of carboxylic acid groups (broad SMARTS) is 1. The van der Waals surface area contributed by atoms with Crippen molar-refractivity contribution in [1.82, 2.24) is 9.55 Å². The Bertz CT molecular complexity index is 1360. The van der Waals surface area contributed by atoms with Gasteiger partial charge in [0.1, 0.15) is 28.7 Å². The maximum atomic E-state index is 13.0. The van der Waals surface area contributed by atoms with Gasteiger partial charge in [-0.05, 0) is 42.3 Å². The summed E-state index contributed by atoms with van der Waals surface area (Å²) in [5, 5.41) is 9.39. The first-order valence-corrected chi connectivity index (χ1v) is 10.9. The van der Waals surface area contributed by atoms with E-state index in [0.29, 0.717) is 26.4 Å². The van der Waals surface area contributed by atoms with Crippen molar-refractivity contribution in [1.29, 1.82) is 0 Å². The normalized spacial score (nSPS) is 10.8. The van der Waals surface area contributed by atoms with Gasteiger partial charge >= 0.3 is 11.9 Å². The number of hydrogen-bond donors (Lipinski definition) is 1. The number of aryl methyl sites for hydroxylation is 1. The molecule has 4 aromatic rings. The highest BCUT2D eigenvalue weighted by molar-refractivity contribution is 7.20. The van der Waals surface area contributed by atoms with Gasteiger partial charge in [-0.15, -0.1) is 11.3 Å². The van der Waals surface area contributed by atoms with E-state index in [1.165, 1.54) is 23.0 Å². The minimum atomic E-state index is -1.01. The van der Waals surface area contributed by atoms with E-state index in [1.54, 1.807) is 19.1 Å². The van der Waals surface area contributed by atoms with E-state index in [4.69, 9.17) is 14.6 Å². The molecule has 0 amide bonds. The highest BCUT2D eigenvalue weighted by Gasteiger charge is 2.20. The fourth-order valence-corrected chi connectivity index (χ4v) is 4.33. The number of benzene rings is 2. The van der Waals surface area contributed by atoms with E-state index in [2.05, 4.69) is 4.98 Å². The van der Waals surface area contributed by atoms with Crippen molar-refractivity contribution in [2.24, 2.45) is 0 Å². The van der Waals surface area contributed by atoms with Crippen molar-refractivity contribution < 1.29 is 24.2 Å². The Morgan fingerprint density at radius 1 is 1.06 bits per heavy atom. The molecule has 0 aliphatic rings. The van der Waals surface area contributed by atoms with E-state index in [0.717, 1.165) is 16.9 Å².